The van der Waals surface area contributed by atoms with Crippen molar-refractivity contribution in [2.45, 2.75) is 18.5 Å². The Bertz CT molecular complexity index is 607. The molecule has 112 valence electrons. The Kier molecular flexibility index (Phi) is 4.19. The number of rotatable bonds is 3. The summed E-state index contributed by atoms with van der Waals surface area (Å²) in [4.78, 5) is 9.34. The van der Waals surface area contributed by atoms with E-state index in [1.165, 1.54) is 5.39 Å². The lowest BCUT2D eigenvalue weighted by atomic mass is 9.96. The molecule has 2 atom stereocenters. The first kappa shape index (κ1) is 14.4. The summed E-state index contributed by atoms with van der Waals surface area (Å²) in [5.74, 6) is 0. The minimum atomic E-state index is 0.0301. The Morgan fingerprint density at radius 2 is 2.05 bits per heavy atom. The van der Waals surface area contributed by atoms with Crippen LogP contribution >= 0.6 is 0 Å². The fraction of sp³-hybridized carbons (Fsp3) is 0.471. The van der Waals surface area contributed by atoms with Gasteiger partial charge in [-0.15, -0.1) is 0 Å². The van der Waals surface area contributed by atoms with Crippen LogP contribution in [0.4, 0.5) is 0 Å². The minimum absolute atomic E-state index is 0.0301. The highest BCUT2D eigenvalue weighted by molar-refractivity contribution is 5.81. The maximum absolute atomic E-state index is 6.51. The van der Waals surface area contributed by atoms with E-state index in [2.05, 4.69) is 53.1 Å². The van der Waals surface area contributed by atoms with E-state index in [1.807, 2.05) is 12.3 Å². The topological polar surface area (TPSA) is 45.4 Å². The first-order valence-electron chi connectivity index (χ1n) is 7.63. The van der Waals surface area contributed by atoms with Crippen LogP contribution in [0.2, 0.25) is 0 Å². The molecule has 3 rings (SSSR count). The first-order chi connectivity index (χ1) is 10.1. The molecule has 1 aliphatic rings. The molecule has 0 radical (unpaired) electrons. The Morgan fingerprint density at radius 3 is 2.90 bits per heavy atom. The maximum atomic E-state index is 6.51. The molecule has 0 amide bonds. The normalized spacial score (nSPS) is 22.5. The molecule has 2 aromatic rings. The molecule has 0 bridgehead atoms. The zero-order valence-electron chi connectivity index (χ0n) is 12.9. The van der Waals surface area contributed by atoms with Crippen molar-refractivity contribution >= 4 is 10.9 Å². The molecule has 2 heterocycles. The monoisotopic (exact) mass is 284 g/mol. The van der Waals surface area contributed by atoms with Gasteiger partial charge in [0.05, 0.1) is 5.52 Å². The summed E-state index contributed by atoms with van der Waals surface area (Å²) in [5, 5.41) is 1.17. The molecule has 21 heavy (non-hydrogen) atoms. The predicted molar refractivity (Wildman–Crippen MR) is 87.2 cm³/mol. The summed E-state index contributed by atoms with van der Waals surface area (Å²) < 4.78 is 0. The van der Waals surface area contributed by atoms with Gasteiger partial charge in [0.2, 0.25) is 0 Å². The number of nitrogens with two attached hydrogens (primary N) is 1. The third-order valence-corrected chi connectivity index (χ3v) is 4.57. The van der Waals surface area contributed by atoms with Crippen LogP contribution in [0.15, 0.2) is 36.5 Å². The van der Waals surface area contributed by atoms with Crippen molar-refractivity contribution in [3.8, 4) is 0 Å². The van der Waals surface area contributed by atoms with Gasteiger partial charge in [0, 0.05) is 43.3 Å². The number of pyridine rings is 1. The number of nitrogens with zero attached hydrogens (tertiary/aromatic N) is 3. The fourth-order valence-electron chi connectivity index (χ4n) is 3.20. The van der Waals surface area contributed by atoms with Crippen molar-refractivity contribution in [2.24, 2.45) is 5.73 Å². The van der Waals surface area contributed by atoms with Crippen molar-refractivity contribution in [1.82, 2.24) is 14.8 Å². The first-order valence-corrected chi connectivity index (χ1v) is 7.63. The van der Waals surface area contributed by atoms with Crippen LogP contribution in [0.5, 0.6) is 0 Å². The van der Waals surface area contributed by atoms with Crippen LogP contribution in [0.3, 0.4) is 0 Å². The van der Waals surface area contributed by atoms with Gasteiger partial charge in [0.1, 0.15) is 0 Å². The van der Waals surface area contributed by atoms with E-state index in [9.17, 15) is 0 Å². The average molecular weight is 284 g/mol. The third kappa shape index (κ3) is 3.07. The standard InChI is InChI=1S/C17H24N4/c1-20-9-10-21(2)14(12-20)11-16(18)15-7-3-5-13-6-4-8-19-17(13)15/h3-8,14,16H,9-12,18H2,1-2H3. The molecule has 2 N–H and O–H groups in total. The van der Waals surface area contributed by atoms with Crippen molar-refractivity contribution < 1.29 is 0 Å². The minimum Gasteiger partial charge on any atom is -0.324 e. The zero-order valence-corrected chi connectivity index (χ0v) is 12.9. The van der Waals surface area contributed by atoms with Crippen LogP contribution in [0.1, 0.15) is 18.0 Å². The van der Waals surface area contributed by atoms with Crippen molar-refractivity contribution in [2.75, 3.05) is 33.7 Å². The van der Waals surface area contributed by atoms with E-state index < -0.39 is 0 Å². The number of hydrogen-bond acceptors (Lipinski definition) is 4. The SMILES string of the molecule is CN1CCN(C)C(CC(N)c2cccc3cccnc23)C1. The molecule has 4 nitrogen and oxygen atoms in total. The maximum Gasteiger partial charge on any atom is 0.0749 e. The summed E-state index contributed by atoms with van der Waals surface area (Å²) in [6.45, 7) is 3.34. The van der Waals surface area contributed by atoms with Gasteiger partial charge in [0.25, 0.3) is 0 Å². The van der Waals surface area contributed by atoms with Crippen LogP contribution in [0, 0.1) is 0 Å². The Morgan fingerprint density at radius 1 is 1.24 bits per heavy atom. The van der Waals surface area contributed by atoms with E-state index in [1.54, 1.807) is 0 Å². The number of piperazine rings is 1. The summed E-state index contributed by atoms with van der Waals surface area (Å²) in [5.41, 5.74) is 8.72. The number of benzene rings is 1. The van der Waals surface area contributed by atoms with Crippen LogP contribution in [-0.2, 0) is 0 Å². The summed E-state index contributed by atoms with van der Waals surface area (Å²) >= 11 is 0. The van der Waals surface area contributed by atoms with Crippen molar-refractivity contribution in [3.05, 3.63) is 42.1 Å². The molecule has 1 saturated heterocycles. The van der Waals surface area contributed by atoms with E-state index in [4.69, 9.17) is 5.73 Å². The highest BCUT2D eigenvalue weighted by Gasteiger charge is 2.25. The van der Waals surface area contributed by atoms with Crippen LogP contribution in [0.25, 0.3) is 10.9 Å². The number of fused-ring (bicyclic) bond motifs is 1. The van der Waals surface area contributed by atoms with Crippen LogP contribution in [-0.4, -0.2) is 54.6 Å². The van der Waals surface area contributed by atoms with E-state index >= 15 is 0 Å². The predicted octanol–water partition coefficient (Wildman–Crippen LogP) is 1.87. The number of likely N-dealkylation sites (N-methyl/N-ethyl adjacent to an activating group) is 2. The lowest BCUT2D eigenvalue weighted by Gasteiger charge is -2.38. The smallest absolute Gasteiger partial charge is 0.0749 e. The van der Waals surface area contributed by atoms with Crippen molar-refractivity contribution in [3.63, 3.8) is 0 Å². The average Bonchev–Trinajstić information content (AvgIpc) is 2.50. The van der Waals surface area contributed by atoms with Crippen molar-refractivity contribution in [1.29, 1.82) is 0 Å². The van der Waals surface area contributed by atoms with Gasteiger partial charge in [-0.3, -0.25) is 4.98 Å². The Labute approximate surface area is 126 Å². The molecule has 1 aromatic carbocycles. The summed E-state index contributed by atoms with van der Waals surface area (Å²) in [6, 6.07) is 10.9. The second kappa shape index (κ2) is 6.10. The number of para-hydroxylation sites is 1. The molecule has 1 fully saturated rings. The largest absolute Gasteiger partial charge is 0.324 e. The summed E-state index contributed by atoms with van der Waals surface area (Å²) in [7, 11) is 4.39. The number of aromatic nitrogens is 1. The quantitative estimate of drug-likeness (QED) is 0.934. The molecule has 1 aliphatic heterocycles. The molecular weight excluding hydrogens is 260 g/mol. The van der Waals surface area contributed by atoms with Gasteiger partial charge in [-0.1, -0.05) is 24.3 Å². The summed E-state index contributed by atoms with van der Waals surface area (Å²) in [6.07, 6.45) is 2.82. The second-order valence-electron chi connectivity index (χ2n) is 6.16. The Hall–Kier alpha value is -1.49. The zero-order chi connectivity index (χ0) is 14.8. The highest BCUT2D eigenvalue weighted by atomic mass is 15.3. The fourth-order valence-corrected chi connectivity index (χ4v) is 3.20. The van der Waals surface area contributed by atoms with Gasteiger partial charge in [-0.05, 0) is 32.1 Å². The van der Waals surface area contributed by atoms with Gasteiger partial charge in [0.15, 0.2) is 0 Å². The van der Waals surface area contributed by atoms with Crippen LogP contribution < -0.4 is 5.73 Å². The van der Waals surface area contributed by atoms with E-state index in [0.29, 0.717) is 6.04 Å². The van der Waals surface area contributed by atoms with Gasteiger partial charge >= 0.3 is 0 Å². The second-order valence-corrected chi connectivity index (χ2v) is 6.16. The van der Waals surface area contributed by atoms with E-state index in [0.717, 1.165) is 37.1 Å². The van der Waals surface area contributed by atoms with E-state index in [-0.39, 0.29) is 6.04 Å². The molecule has 0 saturated carbocycles. The molecule has 2 unspecified atom stereocenters. The molecule has 0 spiro atoms. The number of hydrogen-bond donors (Lipinski definition) is 1. The van der Waals surface area contributed by atoms with Gasteiger partial charge < -0.3 is 15.5 Å². The third-order valence-electron chi connectivity index (χ3n) is 4.57. The molecule has 4 heteroatoms. The highest BCUT2D eigenvalue weighted by Crippen LogP contribution is 2.25. The lowest BCUT2D eigenvalue weighted by Crippen LogP contribution is -2.50. The molecule has 0 aliphatic carbocycles. The van der Waals surface area contributed by atoms with Gasteiger partial charge in [-0.2, -0.15) is 0 Å². The Balaban J connectivity index is 1.82. The molecule has 1 aromatic heterocycles. The lowest BCUT2D eigenvalue weighted by molar-refractivity contribution is 0.104. The molecular formula is C17H24N4. The van der Waals surface area contributed by atoms with Gasteiger partial charge in [-0.25, -0.2) is 0 Å².